The van der Waals surface area contributed by atoms with Crippen LogP contribution in [0.25, 0.3) is 5.57 Å². The number of hydrogen-bond donors (Lipinski definition) is 1. The van der Waals surface area contributed by atoms with Crippen molar-refractivity contribution < 1.29 is 18.7 Å². The van der Waals surface area contributed by atoms with Crippen molar-refractivity contribution >= 4 is 29.1 Å². The van der Waals surface area contributed by atoms with E-state index >= 15 is 0 Å². The van der Waals surface area contributed by atoms with E-state index in [0.717, 1.165) is 11.6 Å². The van der Waals surface area contributed by atoms with Crippen LogP contribution in [-0.2, 0) is 20.7 Å². The van der Waals surface area contributed by atoms with Gasteiger partial charge in [0, 0.05) is 35.0 Å². The molecule has 1 atom stereocenters. The van der Waals surface area contributed by atoms with Gasteiger partial charge >= 0.3 is 5.97 Å². The molecule has 1 unspecified atom stereocenters. The van der Waals surface area contributed by atoms with Crippen molar-refractivity contribution in [2.24, 2.45) is 0 Å². The fourth-order valence-corrected chi connectivity index (χ4v) is 2.52. The molecule has 1 amide bonds. The lowest BCUT2D eigenvalue weighted by Crippen LogP contribution is -2.44. The molecule has 1 N–H and O–H groups in total. The first-order valence-corrected chi connectivity index (χ1v) is 8.70. The standard InChI is InChI=1S/C20H20ClFN2O3/c1-12(2)27-20(26)18(10-14-6-8-23-9-7-14)24-19(25)13(3)16-5-4-15(21)11-17(16)22/h4-9,11-12,18H,3,10H2,1-2H3,(H,24,25). The van der Waals surface area contributed by atoms with E-state index in [1.807, 2.05) is 0 Å². The topological polar surface area (TPSA) is 68.3 Å². The fraction of sp³-hybridized carbons (Fsp3) is 0.250. The molecule has 0 saturated carbocycles. The van der Waals surface area contributed by atoms with E-state index in [4.69, 9.17) is 16.3 Å². The normalized spacial score (nSPS) is 11.7. The highest BCUT2D eigenvalue weighted by Gasteiger charge is 2.25. The lowest BCUT2D eigenvalue weighted by atomic mass is 10.0. The molecule has 0 radical (unpaired) electrons. The van der Waals surface area contributed by atoms with Gasteiger partial charge in [-0.1, -0.05) is 18.2 Å². The van der Waals surface area contributed by atoms with Crippen molar-refractivity contribution in [3.63, 3.8) is 0 Å². The number of amides is 1. The van der Waals surface area contributed by atoms with Crippen molar-refractivity contribution in [2.75, 3.05) is 0 Å². The summed E-state index contributed by atoms with van der Waals surface area (Å²) in [5.74, 6) is -1.92. The number of aromatic nitrogens is 1. The zero-order chi connectivity index (χ0) is 20.0. The molecule has 1 heterocycles. The fourth-order valence-electron chi connectivity index (χ4n) is 2.36. The van der Waals surface area contributed by atoms with Crippen LogP contribution in [0.4, 0.5) is 4.39 Å². The van der Waals surface area contributed by atoms with Crippen LogP contribution in [0, 0.1) is 5.82 Å². The zero-order valence-corrected chi connectivity index (χ0v) is 15.8. The van der Waals surface area contributed by atoms with Crippen molar-refractivity contribution in [2.45, 2.75) is 32.4 Å². The third-order valence-electron chi connectivity index (χ3n) is 3.66. The van der Waals surface area contributed by atoms with Crippen LogP contribution in [0.1, 0.15) is 25.0 Å². The number of benzene rings is 1. The highest BCUT2D eigenvalue weighted by Crippen LogP contribution is 2.21. The number of pyridine rings is 1. The SMILES string of the molecule is C=C(C(=O)NC(Cc1ccncc1)C(=O)OC(C)C)c1ccc(Cl)cc1F. The number of halogens is 2. The van der Waals surface area contributed by atoms with Gasteiger partial charge in [-0.2, -0.15) is 0 Å². The second-order valence-corrected chi connectivity index (χ2v) is 6.61. The Morgan fingerprint density at radius 1 is 1.26 bits per heavy atom. The summed E-state index contributed by atoms with van der Waals surface area (Å²) < 4.78 is 19.3. The second-order valence-electron chi connectivity index (χ2n) is 6.17. The predicted octanol–water partition coefficient (Wildman–Crippen LogP) is 3.57. The summed E-state index contributed by atoms with van der Waals surface area (Å²) in [6.45, 7) is 7.07. The molecule has 1 aromatic carbocycles. The second kappa shape index (κ2) is 9.28. The minimum absolute atomic E-state index is 0.0109. The Labute approximate surface area is 162 Å². The molecule has 0 saturated heterocycles. The van der Waals surface area contributed by atoms with Crippen LogP contribution < -0.4 is 5.32 Å². The van der Waals surface area contributed by atoms with Gasteiger partial charge in [-0.05, 0) is 49.7 Å². The van der Waals surface area contributed by atoms with Gasteiger partial charge in [0.05, 0.1) is 6.10 Å². The predicted molar refractivity (Wildman–Crippen MR) is 102 cm³/mol. The molecule has 2 rings (SSSR count). The Bertz CT molecular complexity index is 840. The summed E-state index contributed by atoms with van der Waals surface area (Å²) >= 11 is 5.73. The van der Waals surface area contributed by atoms with Gasteiger partial charge in [-0.3, -0.25) is 9.78 Å². The number of hydrogen-bond acceptors (Lipinski definition) is 4. The first-order valence-electron chi connectivity index (χ1n) is 8.32. The van der Waals surface area contributed by atoms with Crippen molar-refractivity contribution in [1.82, 2.24) is 10.3 Å². The number of nitrogens with one attached hydrogen (secondary N) is 1. The molecule has 0 spiro atoms. The van der Waals surface area contributed by atoms with Crippen molar-refractivity contribution in [3.8, 4) is 0 Å². The van der Waals surface area contributed by atoms with Crippen LogP contribution in [0.3, 0.4) is 0 Å². The van der Waals surface area contributed by atoms with Gasteiger partial charge in [-0.15, -0.1) is 0 Å². The lowest BCUT2D eigenvalue weighted by Gasteiger charge is -2.20. The molecule has 0 aliphatic heterocycles. The molecule has 1 aromatic heterocycles. The molecule has 0 aliphatic carbocycles. The summed E-state index contributed by atoms with van der Waals surface area (Å²) in [6, 6.07) is 6.43. The first kappa shape index (κ1) is 20.6. The highest BCUT2D eigenvalue weighted by molar-refractivity contribution is 6.30. The summed E-state index contributed by atoms with van der Waals surface area (Å²) in [4.78, 5) is 28.9. The molecule has 0 bridgehead atoms. The number of ether oxygens (including phenoxy) is 1. The Balaban J connectivity index is 2.18. The maximum absolute atomic E-state index is 14.1. The van der Waals surface area contributed by atoms with E-state index < -0.39 is 23.7 Å². The minimum atomic E-state index is -0.950. The van der Waals surface area contributed by atoms with E-state index in [1.165, 1.54) is 12.1 Å². The van der Waals surface area contributed by atoms with Crippen molar-refractivity contribution in [3.05, 3.63) is 71.3 Å². The van der Waals surface area contributed by atoms with Gasteiger partial charge in [0.25, 0.3) is 5.91 Å². The Morgan fingerprint density at radius 2 is 1.93 bits per heavy atom. The first-order chi connectivity index (χ1) is 12.8. The Kier molecular flexibility index (Phi) is 7.07. The van der Waals surface area contributed by atoms with Crippen LogP contribution in [-0.4, -0.2) is 29.0 Å². The van der Waals surface area contributed by atoms with E-state index in [0.29, 0.717) is 0 Å². The lowest BCUT2D eigenvalue weighted by molar-refractivity contribution is -0.151. The molecule has 27 heavy (non-hydrogen) atoms. The summed E-state index contributed by atoms with van der Waals surface area (Å²) in [5, 5.41) is 2.79. The van der Waals surface area contributed by atoms with Gasteiger partial charge in [-0.25, -0.2) is 9.18 Å². The minimum Gasteiger partial charge on any atom is -0.461 e. The number of rotatable bonds is 7. The van der Waals surface area contributed by atoms with Crippen LogP contribution in [0.2, 0.25) is 5.02 Å². The molecule has 142 valence electrons. The maximum Gasteiger partial charge on any atom is 0.329 e. The molecule has 5 nitrogen and oxygen atoms in total. The summed E-state index contributed by atoms with van der Waals surface area (Å²) in [7, 11) is 0. The Morgan fingerprint density at radius 3 is 2.52 bits per heavy atom. The monoisotopic (exact) mass is 390 g/mol. The van der Waals surface area contributed by atoms with Crippen molar-refractivity contribution in [1.29, 1.82) is 0 Å². The smallest absolute Gasteiger partial charge is 0.329 e. The Hall–Kier alpha value is -2.73. The molecular weight excluding hydrogens is 371 g/mol. The molecule has 0 fully saturated rings. The quantitative estimate of drug-likeness (QED) is 0.579. The molecular formula is C20H20ClFN2O3. The van der Waals surface area contributed by atoms with E-state index in [-0.39, 0.29) is 28.7 Å². The van der Waals surface area contributed by atoms with Gasteiger partial charge in [0.15, 0.2) is 0 Å². The van der Waals surface area contributed by atoms with E-state index in [2.05, 4.69) is 16.9 Å². The van der Waals surface area contributed by atoms with E-state index in [9.17, 15) is 14.0 Å². The number of carbonyl (C=O) groups excluding carboxylic acids is 2. The maximum atomic E-state index is 14.1. The summed E-state index contributed by atoms with van der Waals surface area (Å²) in [6.07, 6.45) is 3.04. The summed E-state index contributed by atoms with van der Waals surface area (Å²) in [5.41, 5.74) is 0.692. The van der Waals surface area contributed by atoms with Gasteiger partial charge in [0.1, 0.15) is 11.9 Å². The molecule has 2 aromatic rings. The average molecular weight is 391 g/mol. The molecule has 0 aliphatic rings. The number of carbonyl (C=O) groups is 2. The van der Waals surface area contributed by atoms with E-state index in [1.54, 1.807) is 38.4 Å². The zero-order valence-electron chi connectivity index (χ0n) is 15.0. The van der Waals surface area contributed by atoms with Gasteiger partial charge in [0.2, 0.25) is 0 Å². The largest absolute Gasteiger partial charge is 0.461 e. The van der Waals surface area contributed by atoms with Gasteiger partial charge < -0.3 is 10.1 Å². The van der Waals surface area contributed by atoms with Crippen LogP contribution >= 0.6 is 11.6 Å². The molecule has 7 heteroatoms. The number of nitrogens with zero attached hydrogens (tertiary/aromatic N) is 1. The third-order valence-corrected chi connectivity index (χ3v) is 3.90. The third kappa shape index (κ3) is 5.89. The van der Waals surface area contributed by atoms with Crippen LogP contribution in [0.15, 0.2) is 49.3 Å². The number of esters is 1. The average Bonchev–Trinajstić information content (AvgIpc) is 2.61. The van der Waals surface area contributed by atoms with Crippen LogP contribution in [0.5, 0.6) is 0 Å². The highest BCUT2D eigenvalue weighted by atomic mass is 35.5.